The second-order valence-electron chi connectivity index (χ2n) is 7.70. The summed E-state index contributed by atoms with van der Waals surface area (Å²) >= 11 is 0. The van der Waals surface area contributed by atoms with Gasteiger partial charge in [-0.2, -0.15) is 5.10 Å². The quantitative estimate of drug-likeness (QED) is 0.390. The molecular formula is C27H25N3O3. The summed E-state index contributed by atoms with van der Waals surface area (Å²) in [5.41, 5.74) is 4.52. The third kappa shape index (κ3) is 5.95. The zero-order chi connectivity index (χ0) is 23.0. The summed E-state index contributed by atoms with van der Waals surface area (Å²) in [6, 6.07) is 26.8. The van der Waals surface area contributed by atoms with Gasteiger partial charge in [-0.05, 0) is 36.8 Å². The Hall–Kier alpha value is -4.19. The fourth-order valence-electron chi connectivity index (χ4n) is 3.46. The van der Waals surface area contributed by atoms with Crippen LogP contribution in [0.15, 0.2) is 91.1 Å². The third-order valence-electron chi connectivity index (χ3n) is 5.18. The summed E-state index contributed by atoms with van der Waals surface area (Å²) in [4.78, 5) is 23.8. The van der Waals surface area contributed by atoms with Crippen molar-refractivity contribution in [2.45, 2.75) is 20.0 Å². The predicted octanol–water partition coefficient (Wildman–Crippen LogP) is 4.50. The molecule has 0 aliphatic heterocycles. The van der Waals surface area contributed by atoms with Crippen molar-refractivity contribution < 1.29 is 14.3 Å². The number of carbonyl (C=O) groups excluding carboxylic acids is 2. The van der Waals surface area contributed by atoms with Gasteiger partial charge in [-0.25, -0.2) is 0 Å². The van der Waals surface area contributed by atoms with E-state index in [4.69, 9.17) is 9.84 Å². The van der Waals surface area contributed by atoms with Crippen molar-refractivity contribution in [2.24, 2.45) is 0 Å². The molecule has 1 heterocycles. The van der Waals surface area contributed by atoms with E-state index in [0.29, 0.717) is 24.4 Å². The van der Waals surface area contributed by atoms with Crippen molar-refractivity contribution >= 4 is 11.7 Å². The van der Waals surface area contributed by atoms with Crippen LogP contribution < -0.4 is 10.1 Å². The molecule has 0 saturated carbocycles. The van der Waals surface area contributed by atoms with Crippen LogP contribution in [0.25, 0.3) is 11.3 Å². The molecule has 0 radical (unpaired) electrons. The largest absolute Gasteiger partial charge is 0.484 e. The van der Waals surface area contributed by atoms with E-state index in [1.165, 1.54) is 6.92 Å². The van der Waals surface area contributed by atoms with E-state index in [9.17, 15) is 9.59 Å². The van der Waals surface area contributed by atoms with Crippen molar-refractivity contribution in [2.75, 3.05) is 6.61 Å². The lowest BCUT2D eigenvalue weighted by Gasteiger charge is -2.08. The number of carbonyl (C=O) groups is 2. The average Bonchev–Trinajstić information content (AvgIpc) is 3.25. The lowest BCUT2D eigenvalue weighted by atomic mass is 10.1. The fourth-order valence-corrected chi connectivity index (χ4v) is 3.46. The van der Waals surface area contributed by atoms with Gasteiger partial charge in [-0.3, -0.25) is 14.3 Å². The van der Waals surface area contributed by atoms with Gasteiger partial charge in [0.25, 0.3) is 5.91 Å². The van der Waals surface area contributed by atoms with Crippen molar-refractivity contribution in [3.05, 3.63) is 108 Å². The van der Waals surface area contributed by atoms with Crippen LogP contribution in [0.4, 0.5) is 0 Å². The minimum Gasteiger partial charge on any atom is -0.484 e. The molecule has 0 aliphatic carbocycles. The number of amides is 1. The fraction of sp³-hybridized carbons (Fsp3) is 0.148. The number of ether oxygens (including phenoxy) is 1. The zero-order valence-electron chi connectivity index (χ0n) is 18.4. The van der Waals surface area contributed by atoms with E-state index in [2.05, 4.69) is 17.4 Å². The maximum atomic E-state index is 12.4. The van der Waals surface area contributed by atoms with E-state index in [0.717, 1.165) is 22.4 Å². The molecule has 33 heavy (non-hydrogen) atoms. The Morgan fingerprint density at radius 1 is 0.909 bits per heavy atom. The van der Waals surface area contributed by atoms with E-state index < -0.39 is 0 Å². The summed E-state index contributed by atoms with van der Waals surface area (Å²) < 4.78 is 7.44. The van der Waals surface area contributed by atoms with Crippen LogP contribution in [0.5, 0.6) is 5.75 Å². The van der Waals surface area contributed by atoms with Gasteiger partial charge in [0.1, 0.15) is 5.75 Å². The minimum atomic E-state index is -0.236. The number of ketones is 1. The van der Waals surface area contributed by atoms with Crippen molar-refractivity contribution in [1.29, 1.82) is 0 Å². The first-order valence-electron chi connectivity index (χ1n) is 10.7. The van der Waals surface area contributed by atoms with Gasteiger partial charge >= 0.3 is 0 Å². The van der Waals surface area contributed by atoms with Crippen LogP contribution in [0, 0.1) is 0 Å². The third-order valence-corrected chi connectivity index (χ3v) is 5.18. The first-order valence-corrected chi connectivity index (χ1v) is 10.7. The lowest BCUT2D eigenvalue weighted by molar-refractivity contribution is -0.123. The lowest BCUT2D eigenvalue weighted by Crippen LogP contribution is -2.28. The van der Waals surface area contributed by atoms with Gasteiger partial charge in [0, 0.05) is 29.4 Å². The molecule has 3 aromatic carbocycles. The topological polar surface area (TPSA) is 73.2 Å². The van der Waals surface area contributed by atoms with Gasteiger partial charge < -0.3 is 10.1 Å². The number of hydrogen-bond donors (Lipinski definition) is 1. The number of aromatic nitrogens is 2. The second-order valence-corrected chi connectivity index (χ2v) is 7.70. The zero-order valence-corrected chi connectivity index (χ0v) is 18.4. The first-order chi connectivity index (χ1) is 16.1. The Bertz CT molecular complexity index is 1220. The van der Waals surface area contributed by atoms with Crippen LogP contribution >= 0.6 is 0 Å². The van der Waals surface area contributed by atoms with E-state index in [-0.39, 0.29) is 18.3 Å². The normalized spacial score (nSPS) is 10.6. The Kier molecular flexibility index (Phi) is 6.95. The standard InChI is InChI=1S/C27H25N3O3/c1-20(31)22-12-14-25(15-13-22)33-19-26(32)28-16-24-18-30(17-21-8-4-2-5-9-21)29-27(24)23-10-6-3-7-11-23/h2-15,18H,16-17,19H2,1H3,(H,28,32). The Labute approximate surface area is 192 Å². The number of nitrogens with one attached hydrogen (secondary N) is 1. The summed E-state index contributed by atoms with van der Waals surface area (Å²) in [6.45, 7) is 2.38. The number of hydrogen-bond acceptors (Lipinski definition) is 4. The van der Waals surface area contributed by atoms with Crippen LogP contribution in [0.2, 0.25) is 0 Å². The average molecular weight is 440 g/mol. The van der Waals surface area contributed by atoms with Crippen LogP contribution in [0.3, 0.4) is 0 Å². The number of rotatable bonds is 9. The first kappa shape index (κ1) is 22.0. The molecule has 1 aromatic heterocycles. The smallest absolute Gasteiger partial charge is 0.258 e. The highest BCUT2D eigenvalue weighted by Gasteiger charge is 2.13. The van der Waals surface area contributed by atoms with Crippen molar-refractivity contribution in [1.82, 2.24) is 15.1 Å². The maximum absolute atomic E-state index is 12.4. The molecule has 0 atom stereocenters. The maximum Gasteiger partial charge on any atom is 0.258 e. The highest BCUT2D eigenvalue weighted by molar-refractivity contribution is 5.94. The minimum absolute atomic E-state index is 0.0127. The summed E-state index contributed by atoms with van der Waals surface area (Å²) in [5.74, 6) is 0.289. The van der Waals surface area contributed by atoms with Gasteiger partial charge in [0.2, 0.25) is 0 Å². The van der Waals surface area contributed by atoms with E-state index >= 15 is 0 Å². The van der Waals surface area contributed by atoms with Crippen LogP contribution in [-0.4, -0.2) is 28.1 Å². The second kappa shape index (κ2) is 10.4. The Morgan fingerprint density at radius 3 is 2.24 bits per heavy atom. The summed E-state index contributed by atoms with van der Waals surface area (Å²) in [6.07, 6.45) is 1.97. The van der Waals surface area contributed by atoms with Crippen molar-refractivity contribution in [3.63, 3.8) is 0 Å². The SMILES string of the molecule is CC(=O)c1ccc(OCC(=O)NCc2cn(Cc3ccccc3)nc2-c2ccccc2)cc1. The summed E-state index contributed by atoms with van der Waals surface area (Å²) in [7, 11) is 0. The van der Waals surface area contributed by atoms with E-state index in [1.54, 1.807) is 24.3 Å². The molecular weight excluding hydrogens is 414 g/mol. The molecule has 0 fully saturated rings. The van der Waals surface area contributed by atoms with Crippen molar-refractivity contribution in [3.8, 4) is 17.0 Å². The molecule has 4 rings (SSSR count). The Balaban J connectivity index is 1.41. The molecule has 166 valence electrons. The highest BCUT2D eigenvalue weighted by Crippen LogP contribution is 2.22. The molecule has 0 unspecified atom stereocenters. The van der Waals surface area contributed by atoms with Crippen LogP contribution in [-0.2, 0) is 17.9 Å². The molecule has 0 bridgehead atoms. The molecule has 6 nitrogen and oxygen atoms in total. The number of benzene rings is 3. The predicted molar refractivity (Wildman–Crippen MR) is 127 cm³/mol. The van der Waals surface area contributed by atoms with Gasteiger partial charge in [0.15, 0.2) is 12.4 Å². The van der Waals surface area contributed by atoms with E-state index in [1.807, 2.05) is 59.4 Å². The molecule has 0 saturated heterocycles. The molecule has 0 spiro atoms. The Morgan fingerprint density at radius 2 is 1.58 bits per heavy atom. The number of Topliss-reactive ketones (excluding diaryl/α,β-unsaturated/α-hetero) is 1. The highest BCUT2D eigenvalue weighted by atomic mass is 16.5. The molecule has 4 aromatic rings. The molecule has 1 amide bonds. The molecule has 0 aliphatic rings. The van der Waals surface area contributed by atoms with Gasteiger partial charge in [-0.1, -0.05) is 60.7 Å². The monoisotopic (exact) mass is 439 g/mol. The van der Waals surface area contributed by atoms with Gasteiger partial charge in [-0.15, -0.1) is 0 Å². The number of nitrogens with zero attached hydrogens (tertiary/aromatic N) is 2. The molecule has 6 heteroatoms. The molecule has 1 N–H and O–H groups in total. The summed E-state index contributed by atoms with van der Waals surface area (Å²) in [5, 5.41) is 7.69. The van der Waals surface area contributed by atoms with Crippen LogP contribution in [0.1, 0.15) is 28.4 Å². The van der Waals surface area contributed by atoms with Gasteiger partial charge in [0.05, 0.1) is 12.2 Å².